The summed E-state index contributed by atoms with van der Waals surface area (Å²) in [5.41, 5.74) is 5.80. The Kier molecular flexibility index (Phi) is 3.27. The molecule has 4 rings (SSSR count). The standard InChI is InChI=1S/C20H22N2/c1-15-12-21(2)14-18-17-10-6-7-11-19(17)22(20(15)18)13-16-8-4-3-5-9-16/h3-11,15H,12-14H2,1-2H3. The van der Waals surface area contributed by atoms with Gasteiger partial charge in [-0.25, -0.2) is 0 Å². The number of hydrogen-bond acceptors (Lipinski definition) is 1. The Labute approximate surface area is 132 Å². The van der Waals surface area contributed by atoms with Crippen LogP contribution in [0.2, 0.25) is 0 Å². The van der Waals surface area contributed by atoms with Crippen LogP contribution in [0.3, 0.4) is 0 Å². The summed E-state index contributed by atoms with van der Waals surface area (Å²) in [6.45, 7) is 5.51. The molecular formula is C20H22N2. The van der Waals surface area contributed by atoms with Crippen molar-refractivity contribution in [1.29, 1.82) is 0 Å². The Bertz CT molecular complexity index is 801. The van der Waals surface area contributed by atoms with Gasteiger partial charge >= 0.3 is 0 Å². The lowest BCUT2D eigenvalue weighted by Gasteiger charge is -2.29. The van der Waals surface area contributed by atoms with Crippen LogP contribution in [0.25, 0.3) is 10.9 Å². The zero-order valence-corrected chi connectivity index (χ0v) is 13.3. The van der Waals surface area contributed by atoms with Crippen LogP contribution in [-0.4, -0.2) is 23.1 Å². The molecule has 1 aliphatic rings. The zero-order valence-electron chi connectivity index (χ0n) is 13.3. The van der Waals surface area contributed by atoms with Gasteiger partial charge in [-0.05, 0) is 24.2 Å². The highest BCUT2D eigenvalue weighted by atomic mass is 15.1. The van der Waals surface area contributed by atoms with Crippen molar-refractivity contribution >= 4 is 10.9 Å². The number of para-hydroxylation sites is 1. The van der Waals surface area contributed by atoms with Crippen LogP contribution in [0, 0.1) is 0 Å². The molecule has 0 bridgehead atoms. The summed E-state index contributed by atoms with van der Waals surface area (Å²) < 4.78 is 2.54. The van der Waals surface area contributed by atoms with Crippen molar-refractivity contribution in [2.24, 2.45) is 0 Å². The van der Waals surface area contributed by atoms with Gasteiger partial charge in [-0.1, -0.05) is 55.5 Å². The fourth-order valence-electron chi connectivity index (χ4n) is 3.95. The van der Waals surface area contributed by atoms with Gasteiger partial charge in [0.2, 0.25) is 0 Å². The first-order valence-corrected chi connectivity index (χ1v) is 8.06. The van der Waals surface area contributed by atoms with E-state index in [0.717, 1.165) is 19.6 Å². The summed E-state index contributed by atoms with van der Waals surface area (Å²) in [6, 6.07) is 19.7. The molecule has 1 aliphatic heterocycles. The summed E-state index contributed by atoms with van der Waals surface area (Å²) in [7, 11) is 2.22. The van der Waals surface area contributed by atoms with Crippen LogP contribution in [0.5, 0.6) is 0 Å². The van der Waals surface area contributed by atoms with E-state index in [2.05, 4.69) is 78.0 Å². The van der Waals surface area contributed by atoms with Gasteiger partial charge in [0.1, 0.15) is 0 Å². The molecule has 0 spiro atoms. The van der Waals surface area contributed by atoms with Crippen LogP contribution in [0.4, 0.5) is 0 Å². The van der Waals surface area contributed by atoms with Gasteiger partial charge in [-0.2, -0.15) is 0 Å². The number of hydrogen-bond donors (Lipinski definition) is 0. The number of aromatic nitrogens is 1. The summed E-state index contributed by atoms with van der Waals surface area (Å²) in [6.07, 6.45) is 0. The van der Waals surface area contributed by atoms with Crippen molar-refractivity contribution in [1.82, 2.24) is 9.47 Å². The second-order valence-corrected chi connectivity index (χ2v) is 6.55. The molecule has 0 amide bonds. The molecule has 2 aromatic carbocycles. The minimum absolute atomic E-state index is 0.574. The summed E-state index contributed by atoms with van der Waals surface area (Å²) in [4.78, 5) is 2.44. The Morgan fingerprint density at radius 1 is 1.00 bits per heavy atom. The third-order valence-corrected chi connectivity index (χ3v) is 4.78. The van der Waals surface area contributed by atoms with E-state index in [-0.39, 0.29) is 0 Å². The molecule has 1 aromatic heterocycles. The van der Waals surface area contributed by atoms with E-state index in [1.165, 1.54) is 27.7 Å². The predicted octanol–water partition coefficient (Wildman–Crippen LogP) is 4.24. The SMILES string of the molecule is CC1CN(C)Cc2c1n(Cc1ccccc1)c1ccccc21. The lowest BCUT2D eigenvalue weighted by molar-refractivity contribution is 0.283. The topological polar surface area (TPSA) is 8.17 Å². The normalized spacial score (nSPS) is 18.5. The molecule has 0 aliphatic carbocycles. The number of likely N-dealkylation sites (N-methyl/N-ethyl adjacent to an activating group) is 1. The second kappa shape index (κ2) is 5.29. The molecule has 0 radical (unpaired) electrons. The van der Waals surface area contributed by atoms with Crippen molar-refractivity contribution in [3.8, 4) is 0 Å². The summed E-state index contributed by atoms with van der Waals surface area (Å²) in [5.74, 6) is 0.574. The Morgan fingerprint density at radius 2 is 1.73 bits per heavy atom. The first-order valence-electron chi connectivity index (χ1n) is 8.06. The van der Waals surface area contributed by atoms with E-state index in [1.54, 1.807) is 0 Å². The fourth-order valence-corrected chi connectivity index (χ4v) is 3.95. The Morgan fingerprint density at radius 3 is 2.55 bits per heavy atom. The zero-order chi connectivity index (χ0) is 15.1. The smallest absolute Gasteiger partial charge is 0.0489 e. The highest BCUT2D eigenvalue weighted by Crippen LogP contribution is 2.36. The monoisotopic (exact) mass is 290 g/mol. The van der Waals surface area contributed by atoms with Crippen LogP contribution < -0.4 is 0 Å². The molecule has 0 saturated carbocycles. The van der Waals surface area contributed by atoms with Crippen molar-refractivity contribution in [2.45, 2.75) is 25.9 Å². The van der Waals surface area contributed by atoms with Crippen LogP contribution in [0.1, 0.15) is 29.7 Å². The van der Waals surface area contributed by atoms with Crippen molar-refractivity contribution < 1.29 is 0 Å². The highest BCUT2D eigenvalue weighted by Gasteiger charge is 2.27. The fraction of sp³-hybridized carbons (Fsp3) is 0.300. The third-order valence-electron chi connectivity index (χ3n) is 4.78. The van der Waals surface area contributed by atoms with E-state index in [4.69, 9.17) is 0 Å². The van der Waals surface area contributed by atoms with Gasteiger partial charge in [-0.15, -0.1) is 0 Å². The lowest BCUT2D eigenvalue weighted by atomic mass is 9.96. The van der Waals surface area contributed by atoms with Crippen LogP contribution in [-0.2, 0) is 13.1 Å². The summed E-state index contributed by atoms with van der Waals surface area (Å²) in [5, 5.41) is 1.42. The number of nitrogens with zero attached hydrogens (tertiary/aromatic N) is 2. The third kappa shape index (κ3) is 2.15. The molecule has 1 unspecified atom stereocenters. The van der Waals surface area contributed by atoms with Gasteiger partial charge in [0.25, 0.3) is 0 Å². The molecule has 0 fully saturated rings. The highest BCUT2D eigenvalue weighted by molar-refractivity contribution is 5.86. The van der Waals surface area contributed by atoms with Crippen molar-refractivity contribution in [2.75, 3.05) is 13.6 Å². The second-order valence-electron chi connectivity index (χ2n) is 6.55. The molecule has 2 heterocycles. The molecule has 3 aromatic rings. The molecule has 2 heteroatoms. The predicted molar refractivity (Wildman–Crippen MR) is 92.2 cm³/mol. The molecule has 22 heavy (non-hydrogen) atoms. The number of rotatable bonds is 2. The number of benzene rings is 2. The maximum Gasteiger partial charge on any atom is 0.0489 e. The van der Waals surface area contributed by atoms with Gasteiger partial charge in [0, 0.05) is 42.1 Å². The van der Waals surface area contributed by atoms with E-state index >= 15 is 0 Å². The van der Waals surface area contributed by atoms with E-state index < -0.39 is 0 Å². The molecule has 1 atom stereocenters. The maximum atomic E-state index is 2.54. The Hall–Kier alpha value is -2.06. The minimum atomic E-state index is 0.574. The summed E-state index contributed by atoms with van der Waals surface area (Å²) >= 11 is 0. The molecule has 112 valence electrons. The first kappa shape index (κ1) is 13.6. The molecule has 2 nitrogen and oxygen atoms in total. The molecular weight excluding hydrogens is 268 g/mol. The van der Waals surface area contributed by atoms with E-state index in [9.17, 15) is 0 Å². The van der Waals surface area contributed by atoms with Crippen molar-refractivity contribution in [3.05, 3.63) is 71.4 Å². The maximum absolute atomic E-state index is 2.54. The average Bonchev–Trinajstić information content (AvgIpc) is 2.83. The average molecular weight is 290 g/mol. The largest absolute Gasteiger partial charge is 0.340 e. The number of fused-ring (bicyclic) bond motifs is 3. The van der Waals surface area contributed by atoms with E-state index in [0.29, 0.717) is 5.92 Å². The van der Waals surface area contributed by atoms with Gasteiger partial charge in [0.15, 0.2) is 0 Å². The van der Waals surface area contributed by atoms with E-state index in [1.807, 2.05) is 0 Å². The first-order chi connectivity index (χ1) is 10.7. The van der Waals surface area contributed by atoms with Gasteiger partial charge in [0.05, 0.1) is 0 Å². The van der Waals surface area contributed by atoms with Gasteiger partial charge < -0.3 is 9.47 Å². The Balaban J connectivity index is 1.92. The quantitative estimate of drug-likeness (QED) is 0.685. The van der Waals surface area contributed by atoms with Crippen LogP contribution >= 0.6 is 0 Å². The molecule has 0 N–H and O–H groups in total. The molecule has 0 saturated heterocycles. The van der Waals surface area contributed by atoms with Crippen LogP contribution in [0.15, 0.2) is 54.6 Å². The lowest BCUT2D eigenvalue weighted by Crippen LogP contribution is -2.30. The van der Waals surface area contributed by atoms with Crippen molar-refractivity contribution in [3.63, 3.8) is 0 Å². The van der Waals surface area contributed by atoms with Gasteiger partial charge in [-0.3, -0.25) is 0 Å². The minimum Gasteiger partial charge on any atom is -0.340 e.